The number of halogens is 16. The average molecular weight is 2150 g/mol. The quantitative estimate of drug-likeness (QED) is 0.0645. The van der Waals surface area contributed by atoms with E-state index in [1.165, 1.54) is 32.3 Å². The topological polar surface area (TPSA) is 170 Å². The standard InChI is InChI=1S/C30H26Cl3N3O.C26H26Cl3N3O4.C25H24Cl3N3O.C24H18Cl4F3N3O/c31-24-13-11-21(12-14-24)28-20-35(17-18-36(28)27-16-15-25(32)19-26(27)33)30(37)34-29(22-7-3-1-4-8-22)23-9-5-2-6-10-23;1-34-23-13-19(14-24(35-2)25(23)36-3)30-26(33)31-10-11-32(21-9-8-18(28)12-20(21)29)22(15-31)16-4-6-17(27)7-5-16;1-17(18-5-3-2-4-6-18)29-25(32)30-13-14-31(23-12-11-21(27)15-22(23)28)24(16-30)19-7-9-20(26)10-8-19;25-15-3-1-14(2-4-15)22-13-33(9-10-34(22)21-8-6-17(27)12-19(21)28)23(35)32-20-7-5-16(26)11-18(20)24(29,30)31/h1-16,19,28-29H,17-18,20H2,(H,34,37);4-9,12-14,22H,10-11,15H2,1-3H3,(H,30,33);2-12,15,17,24H,13-14,16H2,1H3,(H,29,32);1-8,11-12,22H,9-10,13H2,(H,32,35)/t;;17-,24?;/m..1./s1. The molecule has 140 heavy (non-hydrogen) atoms. The molecule has 17 rings (SSSR count). The first-order valence-electron chi connectivity index (χ1n) is 44.2. The summed E-state index contributed by atoms with van der Waals surface area (Å²) in [6.45, 7) is 7.70. The van der Waals surface area contributed by atoms with Crippen LogP contribution in [-0.2, 0) is 6.18 Å². The molecule has 0 spiro atoms. The van der Waals surface area contributed by atoms with Crippen molar-refractivity contribution in [2.75, 3.05) is 130 Å². The minimum Gasteiger partial charge on any atom is -0.493 e. The van der Waals surface area contributed by atoms with E-state index in [1.807, 2.05) is 234 Å². The summed E-state index contributed by atoms with van der Waals surface area (Å²) in [4.78, 5) is 68.8. The monoisotopic (exact) mass is 2150 g/mol. The Morgan fingerprint density at radius 1 is 0.314 bits per heavy atom. The fourth-order valence-corrected chi connectivity index (χ4v) is 19.9. The molecule has 13 aromatic carbocycles. The molecular weight excluding hydrogens is 2060 g/mol. The van der Waals surface area contributed by atoms with Crippen molar-refractivity contribution < 1.29 is 46.6 Å². The lowest BCUT2D eigenvalue weighted by Gasteiger charge is -2.43. The molecule has 0 radical (unpaired) electrons. The minimum absolute atomic E-state index is 0.0718. The Bertz CT molecular complexity index is 6390. The van der Waals surface area contributed by atoms with Gasteiger partial charge in [-0.1, -0.05) is 290 Å². The van der Waals surface area contributed by atoms with Crippen molar-refractivity contribution in [2.45, 2.75) is 49.4 Å². The van der Waals surface area contributed by atoms with Crippen LogP contribution in [0.2, 0.25) is 65.3 Å². The minimum atomic E-state index is -4.68. The fraction of sp³-hybridized carbons (Fsp3) is 0.219. The molecule has 0 aromatic heterocycles. The third-order valence-electron chi connectivity index (χ3n) is 24.2. The van der Waals surface area contributed by atoms with Crippen LogP contribution in [0.3, 0.4) is 0 Å². The molecule has 4 heterocycles. The number of urea groups is 4. The molecule has 5 atom stereocenters. The third-order valence-corrected chi connectivity index (χ3v) is 27.6. The number of hydrogen-bond acceptors (Lipinski definition) is 11. The summed E-state index contributed by atoms with van der Waals surface area (Å²) in [6, 6.07) is 86.4. The average Bonchev–Trinajstić information content (AvgIpc) is 0.796. The molecule has 4 aliphatic heterocycles. The van der Waals surface area contributed by atoms with Gasteiger partial charge in [0, 0.05) is 136 Å². The molecule has 35 heteroatoms. The van der Waals surface area contributed by atoms with Crippen LogP contribution in [0.4, 0.5) is 66.5 Å². The van der Waals surface area contributed by atoms with Crippen LogP contribution in [0.15, 0.2) is 291 Å². The largest absolute Gasteiger partial charge is 0.493 e. The molecule has 4 unspecified atom stereocenters. The number of anilines is 6. The van der Waals surface area contributed by atoms with Gasteiger partial charge >= 0.3 is 30.3 Å². The van der Waals surface area contributed by atoms with Gasteiger partial charge < -0.3 is 74.7 Å². The summed E-state index contributed by atoms with van der Waals surface area (Å²) in [5.74, 6) is 1.36. The molecule has 4 aliphatic rings. The lowest BCUT2D eigenvalue weighted by molar-refractivity contribution is -0.136. The molecule has 0 aliphatic carbocycles. The zero-order valence-corrected chi connectivity index (χ0v) is 85.5. The van der Waals surface area contributed by atoms with Crippen LogP contribution in [-0.4, -0.2) is 144 Å². The number of rotatable bonds is 18. The van der Waals surface area contributed by atoms with Crippen LogP contribution in [0.1, 0.15) is 87.7 Å². The number of nitrogens with one attached hydrogen (secondary N) is 4. The molecule has 19 nitrogen and oxygen atoms in total. The van der Waals surface area contributed by atoms with Crippen LogP contribution >= 0.6 is 151 Å². The predicted octanol–water partition coefficient (Wildman–Crippen LogP) is 30.2. The van der Waals surface area contributed by atoms with E-state index in [1.54, 1.807) is 65.6 Å². The highest BCUT2D eigenvalue weighted by atomic mass is 35.5. The normalized spacial score (nSPS) is 16.1. The van der Waals surface area contributed by atoms with Gasteiger partial charge in [0.05, 0.1) is 117 Å². The van der Waals surface area contributed by atoms with E-state index >= 15 is 0 Å². The van der Waals surface area contributed by atoms with Crippen molar-refractivity contribution in [2.24, 2.45) is 0 Å². The van der Waals surface area contributed by atoms with Gasteiger partial charge in [-0.3, -0.25) is 0 Å². The Kier molecular flexibility index (Phi) is 36.5. The van der Waals surface area contributed by atoms with E-state index in [-0.39, 0.29) is 78.1 Å². The van der Waals surface area contributed by atoms with E-state index in [0.29, 0.717) is 149 Å². The molecule has 13 aromatic rings. The van der Waals surface area contributed by atoms with Gasteiger partial charge in [-0.15, -0.1) is 0 Å². The first-order chi connectivity index (χ1) is 67.3. The van der Waals surface area contributed by atoms with E-state index in [4.69, 9.17) is 165 Å². The molecule has 728 valence electrons. The second-order valence-corrected chi connectivity index (χ2v) is 38.5. The highest BCUT2D eigenvalue weighted by Crippen LogP contribution is 2.46. The van der Waals surface area contributed by atoms with Gasteiger partial charge in [-0.05, 0) is 185 Å². The maximum atomic E-state index is 13.7. The molecule has 0 saturated carbocycles. The second-order valence-electron chi connectivity index (χ2n) is 33.0. The lowest BCUT2D eigenvalue weighted by atomic mass is 9.98. The number of ether oxygens (including phenoxy) is 3. The number of amides is 8. The van der Waals surface area contributed by atoms with Gasteiger partial charge in [0.2, 0.25) is 5.75 Å². The zero-order chi connectivity index (χ0) is 99.6. The molecule has 0 bridgehead atoms. The fourth-order valence-electron chi connectivity index (χ4n) is 17.1. The van der Waals surface area contributed by atoms with Gasteiger partial charge in [0.1, 0.15) is 0 Å². The van der Waals surface area contributed by atoms with Crippen LogP contribution in [0.5, 0.6) is 17.2 Å². The van der Waals surface area contributed by atoms with Crippen molar-refractivity contribution in [1.29, 1.82) is 0 Å². The van der Waals surface area contributed by atoms with Crippen molar-refractivity contribution >= 4 is 209 Å². The summed E-state index contributed by atoms with van der Waals surface area (Å²) in [7, 11) is 4.59. The first kappa shape index (κ1) is 105. The smallest absolute Gasteiger partial charge is 0.418 e. The van der Waals surface area contributed by atoms with Crippen molar-refractivity contribution in [1.82, 2.24) is 30.2 Å². The Hall–Kier alpha value is -10.9. The Labute approximate surface area is 876 Å². The van der Waals surface area contributed by atoms with Gasteiger partial charge in [-0.2, -0.15) is 13.2 Å². The molecule has 8 amide bonds. The number of carbonyl (C=O) groups excluding carboxylic acids is 4. The summed E-state index contributed by atoms with van der Waals surface area (Å²) < 4.78 is 56.6. The molecule has 4 N–H and O–H groups in total. The van der Waals surface area contributed by atoms with Crippen LogP contribution in [0, 0.1) is 0 Å². The van der Waals surface area contributed by atoms with E-state index in [2.05, 4.69) is 36.0 Å². The number of methoxy groups -OCH3 is 3. The highest BCUT2D eigenvalue weighted by Gasteiger charge is 2.40. The maximum Gasteiger partial charge on any atom is 0.418 e. The number of hydrogen-bond donors (Lipinski definition) is 4. The van der Waals surface area contributed by atoms with Crippen molar-refractivity contribution in [3.8, 4) is 17.2 Å². The van der Waals surface area contributed by atoms with Gasteiger partial charge in [0.15, 0.2) is 11.5 Å². The number of piperazine rings is 4. The third kappa shape index (κ3) is 26.9. The molecule has 4 saturated heterocycles. The Balaban J connectivity index is 0.000000149. The Morgan fingerprint density at radius 3 is 0.893 bits per heavy atom. The summed E-state index contributed by atoms with van der Waals surface area (Å²) in [5, 5.41) is 18.6. The Morgan fingerprint density at radius 2 is 0.593 bits per heavy atom. The second kappa shape index (κ2) is 48.7. The summed E-state index contributed by atoms with van der Waals surface area (Å²) in [6.07, 6.45) is -4.68. The molecule has 4 fully saturated rings. The van der Waals surface area contributed by atoms with Gasteiger partial charge in [-0.25, -0.2) is 19.2 Å². The number of alkyl halides is 3. The van der Waals surface area contributed by atoms with Crippen LogP contribution < -0.4 is 55.1 Å². The zero-order valence-electron chi connectivity index (χ0n) is 75.6. The van der Waals surface area contributed by atoms with Crippen molar-refractivity contribution in [3.05, 3.63) is 401 Å². The van der Waals surface area contributed by atoms with Crippen LogP contribution in [0.25, 0.3) is 0 Å². The lowest BCUT2D eigenvalue weighted by Crippen LogP contribution is -2.53. The van der Waals surface area contributed by atoms with Gasteiger partial charge in [0.25, 0.3) is 0 Å². The first-order valence-corrected chi connectivity index (χ1v) is 49.1. The number of nitrogens with zero attached hydrogens (tertiary/aromatic N) is 8. The van der Waals surface area contributed by atoms with E-state index in [0.717, 1.165) is 73.8 Å². The number of carbonyl (C=O) groups is 4. The highest BCUT2D eigenvalue weighted by molar-refractivity contribution is 6.39. The maximum absolute atomic E-state index is 13.7. The predicted molar refractivity (Wildman–Crippen MR) is 566 cm³/mol. The van der Waals surface area contributed by atoms with E-state index in [9.17, 15) is 32.3 Å². The summed E-state index contributed by atoms with van der Waals surface area (Å²) in [5.41, 5.74) is 9.64. The molecular formula is C105H94Cl13F3N12O7. The SMILES string of the molecule is COc1cc(NC(=O)N2CCN(c3ccc(Cl)cc3Cl)C(c3ccc(Cl)cc3)C2)cc(OC)c1OC.C[C@@H](NC(=O)N1CCN(c2ccc(Cl)cc2Cl)C(c2ccc(Cl)cc2)C1)c1ccccc1.O=C(NC(c1ccccc1)c1ccccc1)N1CCN(c2ccc(Cl)cc2Cl)C(c2ccc(Cl)cc2)C1.O=C(Nc1ccc(Cl)cc1C(F)(F)F)N1CCN(c2ccc(Cl)cc2Cl)C(c2ccc(Cl)cc2)C1. The van der Waals surface area contributed by atoms with E-state index < -0.39 is 17.8 Å². The summed E-state index contributed by atoms with van der Waals surface area (Å²) >= 11 is 80.8. The number of benzene rings is 13. The van der Waals surface area contributed by atoms with Crippen molar-refractivity contribution in [3.63, 3.8) is 0 Å².